The highest BCUT2D eigenvalue weighted by atomic mass is 16.5. The molecule has 1 aromatic rings. The molecule has 0 aliphatic rings. The number of methoxy groups -OCH3 is 4. The molecule has 0 aliphatic carbocycles. The second-order valence-corrected chi connectivity index (χ2v) is 4.60. The summed E-state index contributed by atoms with van der Waals surface area (Å²) in [5.74, 6) is -0.286. The highest BCUT2D eigenvalue weighted by molar-refractivity contribution is 5.97. The fourth-order valence-electron chi connectivity index (χ4n) is 1.96. The van der Waals surface area contributed by atoms with Gasteiger partial charge in [0.1, 0.15) is 0 Å². The van der Waals surface area contributed by atoms with E-state index in [4.69, 9.17) is 19.9 Å². The number of nitrogens with one attached hydrogen (secondary N) is 1. The maximum absolute atomic E-state index is 12.1. The van der Waals surface area contributed by atoms with Crippen molar-refractivity contribution in [1.82, 2.24) is 0 Å². The van der Waals surface area contributed by atoms with Gasteiger partial charge in [0.2, 0.25) is 5.91 Å². The maximum Gasteiger partial charge on any atom is 0.338 e. The van der Waals surface area contributed by atoms with Crippen LogP contribution in [0, 0.1) is 0 Å². The SMILES string of the molecule is COC(=O)c1cc(NC(=O)CC(CN)OC)c(OC)c(OC)c1. The van der Waals surface area contributed by atoms with Gasteiger partial charge >= 0.3 is 5.97 Å². The quantitative estimate of drug-likeness (QED) is 0.680. The Hall–Kier alpha value is -2.32. The van der Waals surface area contributed by atoms with Gasteiger partial charge in [-0.25, -0.2) is 4.79 Å². The number of carbonyl (C=O) groups is 2. The van der Waals surface area contributed by atoms with Crippen LogP contribution in [0.1, 0.15) is 16.8 Å². The second-order valence-electron chi connectivity index (χ2n) is 4.60. The van der Waals surface area contributed by atoms with Crippen LogP contribution in [-0.4, -0.2) is 53.0 Å². The van der Waals surface area contributed by atoms with Crippen molar-refractivity contribution in [3.63, 3.8) is 0 Å². The van der Waals surface area contributed by atoms with Crippen molar-refractivity contribution in [3.05, 3.63) is 17.7 Å². The lowest BCUT2D eigenvalue weighted by molar-refractivity contribution is -0.118. The summed E-state index contributed by atoms with van der Waals surface area (Å²) >= 11 is 0. The van der Waals surface area contributed by atoms with Crippen molar-refractivity contribution < 1.29 is 28.5 Å². The van der Waals surface area contributed by atoms with Gasteiger partial charge in [-0.1, -0.05) is 0 Å². The van der Waals surface area contributed by atoms with E-state index in [1.165, 1.54) is 40.6 Å². The van der Waals surface area contributed by atoms with E-state index in [9.17, 15) is 9.59 Å². The standard InChI is InChI=1S/C15H22N2O6/c1-20-10(8-16)7-13(18)17-11-5-9(15(19)23-4)6-12(21-2)14(11)22-3/h5-6,10H,7-8,16H2,1-4H3,(H,17,18). The molecule has 1 unspecified atom stereocenters. The highest BCUT2D eigenvalue weighted by Crippen LogP contribution is 2.37. The van der Waals surface area contributed by atoms with Crippen molar-refractivity contribution >= 4 is 17.6 Å². The van der Waals surface area contributed by atoms with Crippen molar-refractivity contribution in [1.29, 1.82) is 0 Å². The minimum absolute atomic E-state index is 0.0704. The minimum Gasteiger partial charge on any atom is -0.493 e. The van der Waals surface area contributed by atoms with Gasteiger partial charge in [0.15, 0.2) is 11.5 Å². The molecule has 3 N–H and O–H groups in total. The Kier molecular flexibility index (Phi) is 7.30. The summed E-state index contributed by atoms with van der Waals surface area (Å²) in [5, 5.41) is 2.67. The summed E-state index contributed by atoms with van der Waals surface area (Å²) in [6.45, 7) is 0.215. The molecule has 23 heavy (non-hydrogen) atoms. The zero-order chi connectivity index (χ0) is 17.4. The van der Waals surface area contributed by atoms with Crippen molar-refractivity contribution in [2.24, 2.45) is 5.73 Å². The van der Waals surface area contributed by atoms with E-state index in [1.807, 2.05) is 0 Å². The molecule has 1 amide bonds. The smallest absolute Gasteiger partial charge is 0.338 e. The lowest BCUT2D eigenvalue weighted by atomic mass is 10.1. The summed E-state index contributed by atoms with van der Waals surface area (Å²) < 4.78 is 20.2. The minimum atomic E-state index is -0.557. The van der Waals surface area contributed by atoms with E-state index < -0.39 is 12.1 Å². The molecule has 0 aliphatic heterocycles. The van der Waals surface area contributed by atoms with Crippen LogP contribution in [0.15, 0.2) is 12.1 Å². The molecule has 0 saturated heterocycles. The first-order valence-corrected chi connectivity index (χ1v) is 6.87. The van der Waals surface area contributed by atoms with Gasteiger partial charge in [-0.2, -0.15) is 0 Å². The largest absolute Gasteiger partial charge is 0.493 e. The average molecular weight is 326 g/mol. The number of amides is 1. The van der Waals surface area contributed by atoms with Crippen LogP contribution in [0.25, 0.3) is 0 Å². The number of hydrogen-bond donors (Lipinski definition) is 2. The van der Waals surface area contributed by atoms with Gasteiger partial charge in [-0.3, -0.25) is 4.79 Å². The van der Waals surface area contributed by atoms with Gasteiger partial charge < -0.3 is 30.0 Å². The van der Waals surface area contributed by atoms with Crippen LogP contribution >= 0.6 is 0 Å². The molecule has 1 rings (SSSR count). The Balaban J connectivity index is 3.12. The molecule has 0 heterocycles. The van der Waals surface area contributed by atoms with Gasteiger partial charge in [-0.15, -0.1) is 0 Å². The second kappa shape index (κ2) is 8.96. The summed E-state index contributed by atoms with van der Waals surface area (Å²) in [6.07, 6.45) is -0.326. The summed E-state index contributed by atoms with van der Waals surface area (Å²) in [7, 11) is 5.61. The molecule has 1 aromatic carbocycles. The van der Waals surface area contributed by atoms with Gasteiger partial charge in [-0.05, 0) is 12.1 Å². The maximum atomic E-state index is 12.1. The van der Waals surface area contributed by atoms with Gasteiger partial charge in [0, 0.05) is 13.7 Å². The number of hydrogen-bond acceptors (Lipinski definition) is 7. The predicted molar refractivity (Wildman–Crippen MR) is 84.0 cm³/mol. The van der Waals surface area contributed by atoms with Crippen LogP contribution in [-0.2, 0) is 14.3 Å². The van der Waals surface area contributed by atoms with Crippen LogP contribution in [0.4, 0.5) is 5.69 Å². The zero-order valence-corrected chi connectivity index (χ0v) is 13.7. The Bertz CT molecular complexity index is 557. The number of nitrogens with two attached hydrogens (primary N) is 1. The number of esters is 1. The number of benzene rings is 1. The molecule has 8 nitrogen and oxygen atoms in total. The molecule has 128 valence electrons. The molecular weight excluding hydrogens is 304 g/mol. The van der Waals surface area contributed by atoms with E-state index in [0.29, 0.717) is 17.2 Å². The van der Waals surface area contributed by atoms with Crippen molar-refractivity contribution in [3.8, 4) is 11.5 Å². The number of carbonyl (C=O) groups excluding carboxylic acids is 2. The molecule has 0 radical (unpaired) electrons. The third kappa shape index (κ3) is 4.83. The first-order chi connectivity index (χ1) is 11.0. The van der Waals surface area contributed by atoms with Crippen LogP contribution < -0.4 is 20.5 Å². The fourth-order valence-corrected chi connectivity index (χ4v) is 1.96. The number of ether oxygens (including phenoxy) is 4. The monoisotopic (exact) mass is 326 g/mol. The summed E-state index contributed by atoms with van der Waals surface area (Å²) in [4.78, 5) is 23.8. The Morgan fingerprint density at radius 2 is 1.87 bits per heavy atom. The third-order valence-electron chi connectivity index (χ3n) is 3.18. The van der Waals surface area contributed by atoms with E-state index >= 15 is 0 Å². The first kappa shape index (κ1) is 18.7. The Labute approximate surface area is 134 Å². The van der Waals surface area contributed by atoms with E-state index in [0.717, 1.165) is 0 Å². The molecule has 1 atom stereocenters. The van der Waals surface area contributed by atoms with Crippen LogP contribution in [0.2, 0.25) is 0 Å². The molecule has 0 aromatic heterocycles. The highest BCUT2D eigenvalue weighted by Gasteiger charge is 2.19. The molecule has 0 fully saturated rings. The Morgan fingerprint density at radius 3 is 2.35 bits per heavy atom. The fraction of sp³-hybridized carbons (Fsp3) is 0.467. The molecule has 0 spiro atoms. The summed E-state index contributed by atoms with van der Waals surface area (Å²) in [6, 6.07) is 2.92. The molecule has 0 saturated carbocycles. The Morgan fingerprint density at radius 1 is 1.17 bits per heavy atom. The third-order valence-corrected chi connectivity index (χ3v) is 3.18. The molecule has 8 heteroatoms. The van der Waals surface area contributed by atoms with Gasteiger partial charge in [0.05, 0.1) is 45.1 Å². The van der Waals surface area contributed by atoms with Crippen LogP contribution in [0.3, 0.4) is 0 Å². The van der Waals surface area contributed by atoms with E-state index in [1.54, 1.807) is 0 Å². The molecular formula is C15H22N2O6. The lowest BCUT2D eigenvalue weighted by Gasteiger charge is -2.17. The average Bonchev–Trinajstić information content (AvgIpc) is 2.57. The normalized spacial score (nSPS) is 11.5. The predicted octanol–water partition coefficient (Wildman–Crippen LogP) is 0.793. The van der Waals surface area contributed by atoms with E-state index in [2.05, 4.69) is 10.1 Å². The van der Waals surface area contributed by atoms with Crippen molar-refractivity contribution in [2.75, 3.05) is 40.3 Å². The number of rotatable bonds is 8. The van der Waals surface area contributed by atoms with Crippen LogP contribution in [0.5, 0.6) is 11.5 Å². The number of anilines is 1. The molecule has 0 bridgehead atoms. The van der Waals surface area contributed by atoms with Crippen molar-refractivity contribution in [2.45, 2.75) is 12.5 Å². The van der Waals surface area contributed by atoms with Gasteiger partial charge in [0.25, 0.3) is 0 Å². The zero-order valence-electron chi connectivity index (χ0n) is 13.7. The topological polar surface area (TPSA) is 109 Å². The summed E-state index contributed by atoms with van der Waals surface area (Å²) in [5.41, 5.74) is 6.02. The lowest BCUT2D eigenvalue weighted by Crippen LogP contribution is -2.28. The first-order valence-electron chi connectivity index (χ1n) is 6.87. The van der Waals surface area contributed by atoms with E-state index in [-0.39, 0.29) is 24.4 Å².